The van der Waals surface area contributed by atoms with Gasteiger partial charge in [-0.25, -0.2) is 0 Å². The predicted octanol–water partition coefficient (Wildman–Crippen LogP) is 4.45. The third-order valence-electron chi connectivity index (χ3n) is 3.36. The molecule has 0 aromatic heterocycles. The number of halogens is 1. The Morgan fingerprint density at radius 1 is 1.10 bits per heavy atom. The van der Waals surface area contributed by atoms with Gasteiger partial charge < -0.3 is 5.32 Å². The lowest BCUT2D eigenvalue weighted by molar-refractivity contribution is 0.0940. The molecule has 3 heteroatoms. The molecule has 0 saturated carbocycles. The Balaban J connectivity index is 2.15. The number of benzene rings is 2. The minimum Gasteiger partial charge on any atom is -0.346 e. The second-order valence-corrected chi connectivity index (χ2v) is 5.50. The zero-order valence-electron chi connectivity index (χ0n) is 11.9. The maximum Gasteiger partial charge on any atom is 0.251 e. The van der Waals surface area contributed by atoms with Gasteiger partial charge in [0.25, 0.3) is 5.91 Å². The smallest absolute Gasteiger partial charge is 0.251 e. The third-order valence-corrected chi connectivity index (χ3v) is 3.61. The molecule has 0 unspecified atom stereocenters. The molecule has 0 saturated heterocycles. The Morgan fingerprint density at radius 3 is 2.40 bits per heavy atom. The molecule has 2 aromatic carbocycles. The first-order chi connectivity index (χ1) is 9.47. The molecule has 0 aliphatic rings. The highest BCUT2D eigenvalue weighted by molar-refractivity contribution is 6.30. The molecule has 20 heavy (non-hydrogen) atoms. The first-order valence-corrected chi connectivity index (χ1v) is 6.99. The number of hydrogen-bond acceptors (Lipinski definition) is 1. The monoisotopic (exact) mass is 287 g/mol. The molecule has 2 nitrogen and oxygen atoms in total. The summed E-state index contributed by atoms with van der Waals surface area (Å²) in [5.74, 6) is -0.0879. The lowest BCUT2D eigenvalue weighted by atomic mass is 10.00. The van der Waals surface area contributed by atoms with Gasteiger partial charge in [-0.1, -0.05) is 35.4 Å². The van der Waals surface area contributed by atoms with Gasteiger partial charge in [0.05, 0.1) is 6.04 Å². The van der Waals surface area contributed by atoms with Crippen molar-refractivity contribution < 1.29 is 4.79 Å². The average Bonchev–Trinajstić information content (AvgIpc) is 2.42. The van der Waals surface area contributed by atoms with Crippen LogP contribution in [-0.4, -0.2) is 5.91 Å². The molecule has 2 aromatic rings. The quantitative estimate of drug-likeness (QED) is 0.888. The molecule has 104 valence electrons. The van der Waals surface area contributed by atoms with Gasteiger partial charge in [0.15, 0.2) is 0 Å². The zero-order chi connectivity index (χ0) is 14.7. The largest absolute Gasteiger partial charge is 0.346 e. The van der Waals surface area contributed by atoms with Crippen LogP contribution in [0.1, 0.15) is 40.0 Å². The lowest BCUT2D eigenvalue weighted by Gasteiger charge is -2.17. The predicted molar refractivity (Wildman–Crippen MR) is 83.2 cm³/mol. The summed E-state index contributed by atoms with van der Waals surface area (Å²) in [4.78, 5) is 12.2. The van der Waals surface area contributed by atoms with Gasteiger partial charge in [0.2, 0.25) is 0 Å². The van der Waals surface area contributed by atoms with Gasteiger partial charge >= 0.3 is 0 Å². The highest BCUT2D eigenvalue weighted by Gasteiger charge is 2.13. The minimum atomic E-state index is -0.0879. The van der Waals surface area contributed by atoms with E-state index in [0.717, 1.165) is 5.56 Å². The van der Waals surface area contributed by atoms with Crippen LogP contribution in [0.2, 0.25) is 5.02 Å². The molecule has 0 aliphatic carbocycles. The average molecular weight is 288 g/mol. The number of nitrogens with one attached hydrogen (secondary N) is 1. The van der Waals surface area contributed by atoms with Gasteiger partial charge in [-0.3, -0.25) is 4.79 Å². The van der Waals surface area contributed by atoms with Crippen molar-refractivity contribution in [3.63, 3.8) is 0 Å². The number of aryl methyl sites for hydroxylation is 2. The molecular formula is C17H18ClNO. The van der Waals surface area contributed by atoms with Gasteiger partial charge in [-0.15, -0.1) is 0 Å². The van der Waals surface area contributed by atoms with Crippen LogP contribution < -0.4 is 5.32 Å². The molecule has 0 radical (unpaired) electrons. The SMILES string of the molecule is Cc1ccc(C)c([C@H](C)NC(=O)c2ccc(Cl)cc2)c1. The van der Waals surface area contributed by atoms with Crippen LogP contribution in [0.15, 0.2) is 42.5 Å². The highest BCUT2D eigenvalue weighted by atomic mass is 35.5. The summed E-state index contributed by atoms with van der Waals surface area (Å²) in [5, 5.41) is 3.65. The van der Waals surface area contributed by atoms with Crippen molar-refractivity contribution in [2.24, 2.45) is 0 Å². The molecule has 2 rings (SSSR count). The van der Waals surface area contributed by atoms with Crippen LogP contribution in [0.25, 0.3) is 0 Å². The van der Waals surface area contributed by atoms with Gasteiger partial charge in [-0.05, 0) is 56.2 Å². The fraction of sp³-hybridized carbons (Fsp3) is 0.235. The van der Waals surface area contributed by atoms with Crippen LogP contribution in [0.5, 0.6) is 0 Å². The molecule has 1 amide bonds. The fourth-order valence-electron chi connectivity index (χ4n) is 2.19. The van der Waals surface area contributed by atoms with Gasteiger partial charge in [0.1, 0.15) is 0 Å². The van der Waals surface area contributed by atoms with Crippen molar-refractivity contribution in [3.8, 4) is 0 Å². The van der Waals surface area contributed by atoms with E-state index in [1.165, 1.54) is 11.1 Å². The summed E-state index contributed by atoms with van der Waals surface area (Å²) in [6.45, 7) is 6.10. The molecule has 1 N–H and O–H groups in total. The van der Waals surface area contributed by atoms with Crippen LogP contribution in [0, 0.1) is 13.8 Å². The van der Waals surface area contributed by atoms with E-state index in [0.29, 0.717) is 10.6 Å². The van der Waals surface area contributed by atoms with Crippen molar-refractivity contribution in [2.45, 2.75) is 26.8 Å². The molecule has 0 spiro atoms. The van der Waals surface area contributed by atoms with Gasteiger partial charge in [-0.2, -0.15) is 0 Å². The van der Waals surface area contributed by atoms with E-state index in [-0.39, 0.29) is 11.9 Å². The zero-order valence-corrected chi connectivity index (χ0v) is 12.7. The van der Waals surface area contributed by atoms with Crippen LogP contribution >= 0.6 is 11.6 Å². The van der Waals surface area contributed by atoms with Crippen molar-refractivity contribution in [3.05, 3.63) is 69.7 Å². The van der Waals surface area contributed by atoms with E-state index in [9.17, 15) is 4.79 Å². The fourth-order valence-corrected chi connectivity index (χ4v) is 2.31. The summed E-state index contributed by atoms with van der Waals surface area (Å²) in [5.41, 5.74) is 4.14. The lowest BCUT2D eigenvalue weighted by Crippen LogP contribution is -2.27. The minimum absolute atomic E-state index is 0.0296. The van der Waals surface area contributed by atoms with Crippen molar-refractivity contribution >= 4 is 17.5 Å². The summed E-state index contributed by atoms with van der Waals surface area (Å²) in [7, 11) is 0. The highest BCUT2D eigenvalue weighted by Crippen LogP contribution is 2.19. The Kier molecular flexibility index (Phi) is 4.46. The Labute approximate surface area is 124 Å². The summed E-state index contributed by atoms with van der Waals surface area (Å²) < 4.78 is 0. The Bertz CT molecular complexity index is 619. The number of carbonyl (C=O) groups excluding carboxylic acids is 1. The second-order valence-electron chi connectivity index (χ2n) is 5.06. The number of rotatable bonds is 3. The number of amides is 1. The van der Waals surface area contributed by atoms with E-state index >= 15 is 0 Å². The summed E-state index contributed by atoms with van der Waals surface area (Å²) in [6.07, 6.45) is 0. The maximum atomic E-state index is 12.2. The van der Waals surface area contributed by atoms with E-state index in [4.69, 9.17) is 11.6 Å². The van der Waals surface area contributed by atoms with E-state index < -0.39 is 0 Å². The van der Waals surface area contributed by atoms with Crippen LogP contribution in [-0.2, 0) is 0 Å². The van der Waals surface area contributed by atoms with Crippen molar-refractivity contribution in [1.29, 1.82) is 0 Å². The second kappa shape index (κ2) is 6.10. The summed E-state index contributed by atoms with van der Waals surface area (Å²) in [6, 6.07) is 13.1. The van der Waals surface area contributed by atoms with Crippen LogP contribution in [0.3, 0.4) is 0 Å². The molecule has 0 aliphatic heterocycles. The van der Waals surface area contributed by atoms with E-state index in [1.54, 1.807) is 24.3 Å². The standard InChI is InChI=1S/C17H18ClNO/c1-11-4-5-12(2)16(10-11)13(3)19-17(20)14-6-8-15(18)9-7-14/h4-10,13H,1-3H3,(H,19,20)/t13-/m0/s1. The third kappa shape index (κ3) is 3.40. The number of hydrogen-bond donors (Lipinski definition) is 1. The molecular weight excluding hydrogens is 270 g/mol. The molecule has 0 fully saturated rings. The van der Waals surface area contributed by atoms with E-state index in [2.05, 4.69) is 37.4 Å². The maximum absolute atomic E-state index is 12.2. The normalized spacial score (nSPS) is 12.0. The summed E-state index contributed by atoms with van der Waals surface area (Å²) >= 11 is 5.82. The Morgan fingerprint density at radius 2 is 1.75 bits per heavy atom. The molecule has 0 bridgehead atoms. The van der Waals surface area contributed by atoms with Crippen molar-refractivity contribution in [1.82, 2.24) is 5.32 Å². The van der Waals surface area contributed by atoms with Crippen LogP contribution in [0.4, 0.5) is 0 Å². The molecule has 1 atom stereocenters. The number of carbonyl (C=O) groups is 1. The van der Waals surface area contributed by atoms with Crippen molar-refractivity contribution in [2.75, 3.05) is 0 Å². The molecule has 0 heterocycles. The first-order valence-electron chi connectivity index (χ1n) is 6.61. The van der Waals surface area contributed by atoms with Gasteiger partial charge in [0, 0.05) is 10.6 Å². The Hall–Kier alpha value is -1.80. The first kappa shape index (κ1) is 14.6. The topological polar surface area (TPSA) is 29.1 Å². The van der Waals surface area contributed by atoms with E-state index in [1.807, 2.05) is 6.92 Å².